The second-order valence-electron chi connectivity index (χ2n) is 6.08. The Balaban J connectivity index is 2.05. The summed E-state index contributed by atoms with van der Waals surface area (Å²) in [7, 11) is 0. The molecule has 0 aliphatic carbocycles. The van der Waals surface area contributed by atoms with Crippen LogP contribution in [0.2, 0.25) is 0 Å². The zero-order valence-corrected chi connectivity index (χ0v) is 15.7. The number of benzene rings is 2. The molecule has 0 bridgehead atoms. The van der Waals surface area contributed by atoms with Crippen molar-refractivity contribution in [2.75, 3.05) is 0 Å². The molecule has 0 N–H and O–H groups in total. The molecule has 0 fully saturated rings. The van der Waals surface area contributed by atoms with E-state index in [9.17, 15) is 4.79 Å². The molecule has 0 spiro atoms. The van der Waals surface area contributed by atoms with Crippen molar-refractivity contribution in [3.63, 3.8) is 0 Å². The van der Waals surface area contributed by atoms with Crippen molar-refractivity contribution in [2.45, 2.75) is 13.0 Å². The van der Waals surface area contributed by atoms with Gasteiger partial charge in [0.05, 0.1) is 11.4 Å². The Labute approximate surface area is 159 Å². The minimum atomic E-state index is -0.249. The summed E-state index contributed by atoms with van der Waals surface area (Å²) in [6.45, 7) is 1.85. The van der Waals surface area contributed by atoms with Gasteiger partial charge in [0.2, 0.25) is 0 Å². The van der Waals surface area contributed by atoms with E-state index in [1.54, 1.807) is 16.8 Å². The van der Waals surface area contributed by atoms with Crippen LogP contribution in [0.3, 0.4) is 0 Å². The van der Waals surface area contributed by atoms with E-state index in [1.807, 2.05) is 67.6 Å². The number of nitrogens with zero attached hydrogens (tertiary/aromatic N) is 3. The van der Waals surface area contributed by atoms with Gasteiger partial charge in [-0.25, -0.2) is 9.97 Å². The summed E-state index contributed by atoms with van der Waals surface area (Å²) in [5, 5.41) is 0.502. The Hall–Kier alpha value is -2.79. The molecule has 0 aliphatic heterocycles. The van der Waals surface area contributed by atoms with Gasteiger partial charge >= 0.3 is 0 Å². The van der Waals surface area contributed by atoms with E-state index in [0.717, 1.165) is 15.6 Å². The van der Waals surface area contributed by atoms with E-state index in [2.05, 4.69) is 25.9 Å². The summed E-state index contributed by atoms with van der Waals surface area (Å²) in [5.74, 6) is 0.634. The van der Waals surface area contributed by atoms with Crippen LogP contribution in [0.15, 0.2) is 82.2 Å². The van der Waals surface area contributed by atoms with Crippen molar-refractivity contribution in [1.29, 1.82) is 0 Å². The molecular formula is C21H16BrN3O. The highest BCUT2D eigenvalue weighted by molar-refractivity contribution is 9.10. The second-order valence-corrected chi connectivity index (χ2v) is 7.00. The molecule has 0 unspecified atom stereocenters. The van der Waals surface area contributed by atoms with Crippen molar-refractivity contribution >= 4 is 27.0 Å². The number of hydrogen-bond acceptors (Lipinski definition) is 3. The summed E-state index contributed by atoms with van der Waals surface area (Å²) < 4.78 is 2.51. The van der Waals surface area contributed by atoms with Crippen LogP contribution in [0, 0.1) is 6.92 Å². The fraction of sp³-hybridized carbons (Fsp3) is 0.0952. The Bertz CT molecular complexity index is 1090. The molecule has 0 aliphatic rings. The minimum Gasteiger partial charge on any atom is -0.284 e. The van der Waals surface area contributed by atoms with Gasteiger partial charge in [-0.15, -0.1) is 0 Å². The first-order valence-corrected chi connectivity index (χ1v) is 9.09. The topological polar surface area (TPSA) is 47.8 Å². The highest BCUT2D eigenvalue weighted by Crippen LogP contribution is 2.27. The highest BCUT2D eigenvalue weighted by atomic mass is 79.9. The summed E-state index contributed by atoms with van der Waals surface area (Å²) in [4.78, 5) is 22.2. The Morgan fingerprint density at radius 3 is 2.12 bits per heavy atom. The molecule has 4 aromatic rings. The lowest BCUT2D eigenvalue weighted by Crippen LogP contribution is -2.29. The standard InChI is InChI=1S/C21H16BrN3O/c1-14-24-20-18(12-17(22)13-23-20)21(26)25(14)19(15-8-4-2-5-9-15)16-10-6-3-7-11-16/h2-13,19H,1H3. The van der Waals surface area contributed by atoms with Crippen LogP contribution in [-0.2, 0) is 0 Å². The Kier molecular flexibility index (Phi) is 4.39. The summed E-state index contributed by atoms with van der Waals surface area (Å²) >= 11 is 3.40. The number of fused-ring (bicyclic) bond motifs is 1. The van der Waals surface area contributed by atoms with Crippen LogP contribution in [0.5, 0.6) is 0 Å². The Morgan fingerprint density at radius 1 is 0.962 bits per heavy atom. The van der Waals surface area contributed by atoms with Crippen molar-refractivity contribution in [3.05, 3.63) is 105 Å². The maximum Gasteiger partial charge on any atom is 0.263 e. The third-order valence-corrected chi connectivity index (χ3v) is 4.82. The normalized spacial score (nSPS) is 11.2. The molecule has 0 saturated carbocycles. The smallest absolute Gasteiger partial charge is 0.263 e. The third-order valence-electron chi connectivity index (χ3n) is 4.39. The van der Waals surface area contributed by atoms with Crippen LogP contribution >= 0.6 is 15.9 Å². The summed E-state index contributed by atoms with van der Waals surface area (Å²) in [6.07, 6.45) is 1.66. The molecule has 0 saturated heterocycles. The third kappa shape index (κ3) is 2.95. The first-order chi connectivity index (χ1) is 12.6. The van der Waals surface area contributed by atoms with Gasteiger partial charge < -0.3 is 0 Å². The molecule has 2 aromatic carbocycles. The fourth-order valence-electron chi connectivity index (χ4n) is 3.23. The van der Waals surface area contributed by atoms with E-state index >= 15 is 0 Å². The minimum absolute atomic E-state index is 0.0981. The highest BCUT2D eigenvalue weighted by Gasteiger charge is 2.21. The number of rotatable bonds is 3. The average molecular weight is 406 g/mol. The maximum absolute atomic E-state index is 13.4. The van der Waals surface area contributed by atoms with Gasteiger partial charge in [0.1, 0.15) is 5.82 Å². The lowest BCUT2D eigenvalue weighted by molar-refractivity contribution is 0.619. The van der Waals surface area contributed by atoms with Gasteiger partial charge in [-0.1, -0.05) is 60.7 Å². The van der Waals surface area contributed by atoms with Crippen molar-refractivity contribution in [2.24, 2.45) is 0 Å². The Morgan fingerprint density at radius 2 is 1.54 bits per heavy atom. The maximum atomic E-state index is 13.4. The van der Waals surface area contributed by atoms with Crippen molar-refractivity contribution in [1.82, 2.24) is 14.5 Å². The molecule has 0 atom stereocenters. The second kappa shape index (κ2) is 6.84. The molecular weight excluding hydrogens is 390 g/mol. The molecule has 128 valence electrons. The van der Waals surface area contributed by atoms with Gasteiger partial charge in [-0.2, -0.15) is 0 Å². The molecule has 2 aromatic heterocycles. The zero-order chi connectivity index (χ0) is 18.1. The number of aryl methyl sites for hydroxylation is 1. The fourth-order valence-corrected chi connectivity index (χ4v) is 3.56. The van der Waals surface area contributed by atoms with E-state index in [4.69, 9.17) is 0 Å². The van der Waals surface area contributed by atoms with Gasteiger partial charge in [-0.3, -0.25) is 9.36 Å². The monoisotopic (exact) mass is 405 g/mol. The number of aromatic nitrogens is 3. The molecule has 0 radical (unpaired) electrons. The average Bonchev–Trinajstić information content (AvgIpc) is 2.67. The SMILES string of the molecule is Cc1nc2ncc(Br)cc2c(=O)n1C(c1ccccc1)c1ccccc1. The summed E-state index contributed by atoms with van der Waals surface area (Å²) in [5.41, 5.74) is 2.44. The van der Waals surface area contributed by atoms with E-state index in [0.29, 0.717) is 16.9 Å². The van der Waals surface area contributed by atoms with Gasteiger partial charge in [0.25, 0.3) is 5.56 Å². The van der Waals surface area contributed by atoms with E-state index < -0.39 is 0 Å². The first kappa shape index (κ1) is 16.7. The van der Waals surface area contributed by atoms with Crippen LogP contribution in [0.25, 0.3) is 11.0 Å². The molecule has 26 heavy (non-hydrogen) atoms. The van der Waals surface area contributed by atoms with E-state index in [-0.39, 0.29) is 11.6 Å². The number of hydrogen-bond donors (Lipinski definition) is 0. The van der Waals surface area contributed by atoms with E-state index in [1.165, 1.54) is 0 Å². The quantitative estimate of drug-likeness (QED) is 0.504. The number of pyridine rings is 1. The van der Waals surface area contributed by atoms with Crippen molar-refractivity contribution < 1.29 is 0 Å². The number of halogens is 1. The van der Waals surface area contributed by atoms with Crippen LogP contribution in [0.4, 0.5) is 0 Å². The molecule has 0 amide bonds. The first-order valence-electron chi connectivity index (χ1n) is 8.29. The van der Waals surface area contributed by atoms with Gasteiger partial charge in [0, 0.05) is 10.7 Å². The summed E-state index contributed by atoms with van der Waals surface area (Å²) in [6, 6.07) is 21.6. The predicted octanol–water partition coefficient (Wildman–Crippen LogP) is 4.50. The zero-order valence-electron chi connectivity index (χ0n) is 14.1. The predicted molar refractivity (Wildman–Crippen MR) is 106 cm³/mol. The van der Waals surface area contributed by atoms with Gasteiger partial charge in [0.15, 0.2) is 5.65 Å². The molecule has 2 heterocycles. The van der Waals surface area contributed by atoms with Crippen molar-refractivity contribution in [3.8, 4) is 0 Å². The molecule has 4 nitrogen and oxygen atoms in total. The lowest BCUT2D eigenvalue weighted by Gasteiger charge is -2.23. The van der Waals surface area contributed by atoms with Crippen LogP contribution in [-0.4, -0.2) is 14.5 Å². The van der Waals surface area contributed by atoms with Crippen LogP contribution < -0.4 is 5.56 Å². The largest absolute Gasteiger partial charge is 0.284 e. The van der Waals surface area contributed by atoms with Gasteiger partial charge in [-0.05, 0) is 40.0 Å². The van der Waals surface area contributed by atoms with Crippen LogP contribution in [0.1, 0.15) is 23.0 Å². The molecule has 4 rings (SSSR count). The lowest BCUT2D eigenvalue weighted by atomic mass is 9.98. The molecule has 5 heteroatoms.